The van der Waals surface area contributed by atoms with Gasteiger partial charge in [0.1, 0.15) is 17.4 Å². The van der Waals surface area contributed by atoms with Gasteiger partial charge in [0.25, 0.3) is 0 Å². The van der Waals surface area contributed by atoms with Gasteiger partial charge in [-0.15, -0.1) is 0 Å². The van der Waals surface area contributed by atoms with Gasteiger partial charge in [0, 0.05) is 54.2 Å². The molecule has 4 aromatic rings. The van der Waals surface area contributed by atoms with Crippen LogP contribution in [-0.2, 0) is 4.74 Å². The van der Waals surface area contributed by atoms with Crippen LogP contribution in [0.3, 0.4) is 0 Å². The summed E-state index contributed by atoms with van der Waals surface area (Å²) in [6, 6.07) is 9.88. The minimum absolute atomic E-state index is 0.160. The molecule has 1 aliphatic carbocycles. The Morgan fingerprint density at radius 3 is 2.61 bits per heavy atom. The molecular formula is C26H22F3N5O2. The fourth-order valence-electron chi connectivity index (χ4n) is 5.65. The second kappa shape index (κ2) is 8.19. The van der Waals surface area contributed by atoms with Gasteiger partial charge >= 0.3 is 6.61 Å². The van der Waals surface area contributed by atoms with Crippen LogP contribution in [0.1, 0.15) is 29.8 Å². The van der Waals surface area contributed by atoms with Gasteiger partial charge in [-0.2, -0.15) is 8.78 Å². The number of benzene rings is 2. The Labute approximate surface area is 204 Å². The van der Waals surface area contributed by atoms with E-state index in [9.17, 15) is 8.78 Å². The van der Waals surface area contributed by atoms with E-state index in [0.717, 1.165) is 17.8 Å². The maximum Gasteiger partial charge on any atom is 0.387 e. The normalized spacial score (nSPS) is 22.7. The van der Waals surface area contributed by atoms with Gasteiger partial charge in [-0.05, 0) is 24.5 Å². The Morgan fingerprint density at radius 1 is 1.06 bits per heavy atom. The maximum absolute atomic E-state index is 15.2. The van der Waals surface area contributed by atoms with Gasteiger partial charge in [-0.25, -0.2) is 19.3 Å². The first-order chi connectivity index (χ1) is 17.6. The van der Waals surface area contributed by atoms with Gasteiger partial charge in [0.05, 0.1) is 30.3 Å². The second-order valence-electron chi connectivity index (χ2n) is 9.40. The molecule has 7 nitrogen and oxygen atoms in total. The van der Waals surface area contributed by atoms with Crippen LogP contribution in [0, 0.1) is 11.7 Å². The largest absolute Gasteiger partial charge is 0.434 e. The average molecular weight is 493 g/mol. The number of aromatic nitrogens is 4. The van der Waals surface area contributed by atoms with Crippen molar-refractivity contribution in [1.29, 1.82) is 0 Å². The summed E-state index contributed by atoms with van der Waals surface area (Å²) in [5, 5.41) is 0. The summed E-state index contributed by atoms with van der Waals surface area (Å²) in [6.45, 7) is -0.249. The molecule has 7 rings (SSSR count). The van der Waals surface area contributed by atoms with E-state index in [1.165, 1.54) is 6.07 Å². The molecule has 36 heavy (non-hydrogen) atoms. The average Bonchev–Trinajstić information content (AvgIpc) is 3.50. The number of halogens is 3. The standard InChI is InChI=1S/C26H22F3N5O2/c27-19-11-20-21(10-16(19)14-12-30-26(31-13-14)33-5-7-35-8-6-33)34-23(17-9-18(17)24(34)32-20)15-3-1-2-4-22(15)36-25(28)29/h1-4,10-13,17-18,23,25H,5-9H2/t17?,18-,23+/m1/s1. The third-order valence-corrected chi connectivity index (χ3v) is 7.36. The number of morpholine rings is 1. The molecule has 4 heterocycles. The van der Waals surface area contributed by atoms with E-state index in [4.69, 9.17) is 14.5 Å². The number of hydrogen-bond donors (Lipinski definition) is 0. The molecule has 2 fully saturated rings. The lowest BCUT2D eigenvalue weighted by molar-refractivity contribution is -0.0507. The number of ether oxygens (including phenoxy) is 2. The zero-order valence-electron chi connectivity index (χ0n) is 19.2. The molecular weight excluding hydrogens is 471 g/mol. The summed E-state index contributed by atoms with van der Waals surface area (Å²) in [7, 11) is 0. The Morgan fingerprint density at radius 2 is 1.83 bits per heavy atom. The van der Waals surface area contributed by atoms with Crippen LogP contribution in [0.25, 0.3) is 22.2 Å². The molecule has 1 saturated carbocycles. The monoisotopic (exact) mass is 493 g/mol. The van der Waals surface area contributed by atoms with Gasteiger partial charge in [-0.1, -0.05) is 18.2 Å². The first-order valence-corrected chi connectivity index (χ1v) is 12.0. The molecule has 0 bridgehead atoms. The molecule has 3 aliphatic rings. The molecule has 0 radical (unpaired) electrons. The minimum Gasteiger partial charge on any atom is -0.434 e. The molecule has 0 amide bonds. The second-order valence-corrected chi connectivity index (χ2v) is 9.40. The van der Waals surface area contributed by atoms with Crippen molar-refractivity contribution < 1.29 is 22.6 Å². The molecule has 1 saturated heterocycles. The first-order valence-electron chi connectivity index (χ1n) is 12.0. The fraction of sp³-hybridized carbons (Fsp3) is 0.346. The van der Waals surface area contributed by atoms with Crippen LogP contribution in [-0.4, -0.2) is 52.4 Å². The van der Waals surface area contributed by atoms with Crippen LogP contribution < -0.4 is 9.64 Å². The third-order valence-electron chi connectivity index (χ3n) is 7.36. The summed E-state index contributed by atoms with van der Waals surface area (Å²) in [5.74, 6) is 1.68. The molecule has 0 spiro atoms. The number of alkyl halides is 2. The highest BCUT2D eigenvalue weighted by molar-refractivity contribution is 5.84. The zero-order chi connectivity index (χ0) is 24.4. The van der Waals surface area contributed by atoms with Crippen LogP contribution in [0.15, 0.2) is 48.8 Å². The summed E-state index contributed by atoms with van der Waals surface area (Å²) < 4.78 is 53.7. The Kier molecular flexibility index (Phi) is 4.92. The smallest absolute Gasteiger partial charge is 0.387 e. The lowest BCUT2D eigenvalue weighted by Gasteiger charge is -2.26. The quantitative estimate of drug-likeness (QED) is 0.399. The highest BCUT2D eigenvalue weighted by atomic mass is 19.3. The van der Waals surface area contributed by atoms with Crippen LogP contribution in [0.5, 0.6) is 5.75 Å². The van der Waals surface area contributed by atoms with Crippen molar-refractivity contribution in [1.82, 2.24) is 19.5 Å². The number of nitrogens with zero attached hydrogens (tertiary/aromatic N) is 5. The van der Waals surface area contributed by atoms with Gasteiger partial charge in [0.15, 0.2) is 0 Å². The molecule has 2 aromatic carbocycles. The molecule has 184 valence electrons. The van der Waals surface area contributed by atoms with Crippen molar-refractivity contribution in [3.05, 3.63) is 66.0 Å². The van der Waals surface area contributed by atoms with Crippen LogP contribution in [0.4, 0.5) is 19.1 Å². The molecule has 1 unspecified atom stereocenters. The number of rotatable bonds is 5. The summed E-state index contributed by atoms with van der Waals surface area (Å²) in [6.07, 6.45) is 4.18. The van der Waals surface area contributed by atoms with Crippen molar-refractivity contribution in [2.45, 2.75) is 25.0 Å². The predicted molar refractivity (Wildman–Crippen MR) is 126 cm³/mol. The summed E-state index contributed by atoms with van der Waals surface area (Å²) in [4.78, 5) is 15.7. The van der Waals surface area contributed by atoms with Crippen molar-refractivity contribution in [3.63, 3.8) is 0 Å². The van der Waals surface area contributed by atoms with Gasteiger partial charge in [0.2, 0.25) is 5.95 Å². The topological polar surface area (TPSA) is 65.3 Å². The van der Waals surface area contributed by atoms with E-state index in [-0.39, 0.29) is 23.6 Å². The van der Waals surface area contributed by atoms with Crippen LogP contribution >= 0.6 is 0 Å². The Hall–Kier alpha value is -3.66. The number of imidazole rings is 1. The van der Waals surface area contributed by atoms with E-state index in [0.29, 0.717) is 54.5 Å². The lowest BCUT2D eigenvalue weighted by atomic mass is 10.0. The highest BCUT2D eigenvalue weighted by Crippen LogP contribution is 2.63. The number of para-hydroxylation sites is 1. The third kappa shape index (κ3) is 3.42. The van der Waals surface area contributed by atoms with Gasteiger partial charge in [-0.3, -0.25) is 0 Å². The summed E-state index contributed by atoms with van der Waals surface area (Å²) in [5.41, 5.74) is 2.91. The van der Waals surface area contributed by atoms with Crippen molar-refractivity contribution in [2.24, 2.45) is 5.92 Å². The van der Waals surface area contributed by atoms with Crippen molar-refractivity contribution >= 4 is 17.0 Å². The number of hydrogen-bond acceptors (Lipinski definition) is 6. The van der Waals surface area contributed by atoms with Gasteiger partial charge < -0.3 is 18.9 Å². The molecule has 2 aliphatic heterocycles. The highest BCUT2D eigenvalue weighted by Gasteiger charge is 2.55. The molecule has 3 atom stereocenters. The predicted octanol–water partition coefficient (Wildman–Crippen LogP) is 4.78. The number of anilines is 1. The Bertz CT molecular complexity index is 1450. The first kappa shape index (κ1) is 21.6. The molecule has 0 N–H and O–H groups in total. The fourth-order valence-corrected chi connectivity index (χ4v) is 5.65. The molecule has 2 aromatic heterocycles. The maximum atomic E-state index is 15.2. The summed E-state index contributed by atoms with van der Waals surface area (Å²) >= 11 is 0. The lowest BCUT2D eigenvalue weighted by Crippen LogP contribution is -2.37. The number of fused-ring (bicyclic) bond motifs is 5. The van der Waals surface area contributed by atoms with Crippen molar-refractivity contribution in [2.75, 3.05) is 31.2 Å². The van der Waals surface area contributed by atoms with E-state index in [2.05, 4.69) is 14.5 Å². The Balaban J connectivity index is 1.30. The van der Waals surface area contributed by atoms with Crippen molar-refractivity contribution in [3.8, 4) is 16.9 Å². The minimum atomic E-state index is -2.91. The van der Waals surface area contributed by atoms with Crippen LogP contribution in [0.2, 0.25) is 0 Å². The SMILES string of the molecule is Fc1cc2nc3n(c2cc1-c1cnc(N2CCOCC2)nc1)[C@@H](c1ccccc1OC(F)F)C1C[C@@H]31. The van der Waals surface area contributed by atoms with E-state index < -0.39 is 12.4 Å². The van der Waals surface area contributed by atoms with E-state index >= 15 is 4.39 Å². The van der Waals surface area contributed by atoms with E-state index in [1.54, 1.807) is 30.6 Å². The molecule has 10 heteroatoms. The van der Waals surface area contributed by atoms with E-state index in [1.807, 2.05) is 17.0 Å². The zero-order valence-corrected chi connectivity index (χ0v) is 19.2.